The van der Waals surface area contributed by atoms with Gasteiger partial charge < -0.3 is 4.90 Å². The Labute approximate surface area is 297 Å². The number of benzene rings is 8. The summed E-state index contributed by atoms with van der Waals surface area (Å²) in [4.78, 5) is 2.36. The quantitative estimate of drug-likeness (QED) is 0.165. The average molecular weight is 656 g/mol. The van der Waals surface area contributed by atoms with Crippen LogP contribution in [0.15, 0.2) is 200 Å². The van der Waals surface area contributed by atoms with Crippen LogP contribution in [0.2, 0.25) is 0 Å². The summed E-state index contributed by atoms with van der Waals surface area (Å²) in [6, 6.07) is 72.3. The Bertz CT molecular complexity index is 2550. The third-order valence-corrected chi connectivity index (χ3v) is 10.6. The van der Waals surface area contributed by atoms with E-state index in [2.05, 4.69) is 205 Å². The van der Waals surface area contributed by atoms with Crippen LogP contribution in [0.1, 0.15) is 0 Å². The number of fused-ring (bicyclic) bond motifs is 3. The Morgan fingerprint density at radius 1 is 0.280 bits per heavy atom. The van der Waals surface area contributed by atoms with Gasteiger partial charge in [-0.15, -0.1) is 11.3 Å². The van der Waals surface area contributed by atoms with Crippen molar-refractivity contribution in [1.82, 2.24) is 0 Å². The van der Waals surface area contributed by atoms with Gasteiger partial charge in [0.15, 0.2) is 0 Å². The Balaban J connectivity index is 1.16. The highest BCUT2D eigenvalue weighted by Gasteiger charge is 2.17. The van der Waals surface area contributed by atoms with Crippen LogP contribution in [0.25, 0.3) is 64.7 Å². The summed E-state index contributed by atoms with van der Waals surface area (Å²) in [5.41, 5.74) is 13.1. The molecule has 0 spiro atoms. The maximum absolute atomic E-state index is 2.39. The SMILES string of the molecule is c1ccc(-c2ccc(N(c3ccc(-c4cc5sc6ccccc6c5cc4-c4ccccc4)cc3)c3cccc(-c4ccccc4)c3)cc2)cc1. The number of nitrogens with zero attached hydrogens (tertiary/aromatic N) is 1. The molecule has 9 rings (SSSR count). The average Bonchev–Trinajstić information content (AvgIpc) is 3.57. The Morgan fingerprint density at radius 2 is 0.760 bits per heavy atom. The molecule has 0 radical (unpaired) electrons. The second-order valence-corrected chi connectivity index (χ2v) is 13.7. The molecule has 0 unspecified atom stereocenters. The molecule has 0 aliphatic heterocycles. The third-order valence-electron chi connectivity index (χ3n) is 9.48. The number of rotatable bonds is 7. The zero-order valence-corrected chi connectivity index (χ0v) is 28.2. The molecular formula is C48H33NS. The van der Waals surface area contributed by atoms with Crippen molar-refractivity contribution in [2.75, 3.05) is 4.90 Å². The first-order valence-electron chi connectivity index (χ1n) is 17.0. The molecule has 0 saturated carbocycles. The first-order chi connectivity index (χ1) is 24.8. The highest BCUT2D eigenvalue weighted by Crippen LogP contribution is 2.43. The Hall–Kier alpha value is -6.22. The smallest absolute Gasteiger partial charge is 0.0467 e. The molecule has 9 aromatic rings. The van der Waals surface area contributed by atoms with E-state index >= 15 is 0 Å². The molecule has 0 saturated heterocycles. The van der Waals surface area contributed by atoms with E-state index in [1.54, 1.807) is 0 Å². The summed E-state index contributed by atoms with van der Waals surface area (Å²) in [5, 5.41) is 2.63. The molecule has 50 heavy (non-hydrogen) atoms. The molecule has 0 atom stereocenters. The van der Waals surface area contributed by atoms with E-state index in [1.807, 2.05) is 11.3 Å². The van der Waals surface area contributed by atoms with Gasteiger partial charge in [0.25, 0.3) is 0 Å². The second kappa shape index (κ2) is 13.0. The van der Waals surface area contributed by atoms with E-state index in [1.165, 1.54) is 64.7 Å². The minimum absolute atomic E-state index is 1.11. The summed E-state index contributed by atoms with van der Waals surface area (Å²) >= 11 is 1.87. The minimum Gasteiger partial charge on any atom is -0.310 e. The highest BCUT2D eigenvalue weighted by atomic mass is 32.1. The fourth-order valence-corrected chi connectivity index (χ4v) is 8.12. The van der Waals surface area contributed by atoms with E-state index in [4.69, 9.17) is 0 Å². The van der Waals surface area contributed by atoms with Crippen LogP contribution < -0.4 is 4.90 Å². The molecule has 0 amide bonds. The minimum atomic E-state index is 1.11. The van der Waals surface area contributed by atoms with Crippen molar-refractivity contribution in [3.63, 3.8) is 0 Å². The van der Waals surface area contributed by atoms with Crippen LogP contribution in [0.3, 0.4) is 0 Å². The number of thiophene rings is 1. The fourth-order valence-electron chi connectivity index (χ4n) is 6.99. The topological polar surface area (TPSA) is 3.24 Å². The summed E-state index contributed by atoms with van der Waals surface area (Å²) in [6.07, 6.45) is 0. The van der Waals surface area contributed by atoms with Crippen LogP contribution in [0.4, 0.5) is 17.1 Å². The number of anilines is 3. The monoisotopic (exact) mass is 655 g/mol. The van der Waals surface area contributed by atoms with Crippen LogP contribution in [0.5, 0.6) is 0 Å². The van der Waals surface area contributed by atoms with Gasteiger partial charge in [-0.25, -0.2) is 0 Å². The predicted molar refractivity (Wildman–Crippen MR) is 216 cm³/mol. The standard InChI is InChI=1S/C48H33NS/c1-4-13-34(14-5-1)36-23-27-40(28-24-36)49(42-20-12-19-39(31-42)35-15-6-2-7-16-35)41-29-25-38(26-30-41)45-33-48-46(43-21-10-11-22-47(43)50-48)32-44(45)37-17-8-3-9-18-37/h1-33H. The Morgan fingerprint density at radius 3 is 1.42 bits per heavy atom. The van der Waals surface area contributed by atoms with Gasteiger partial charge in [0, 0.05) is 37.2 Å². The molecular weight excluding hydrogens is 623 g/mol. The lowest BCUT2D eigenvalue weighted by Gasteiger charge is -2.26. The summed E-state index contributed by atoms with van der Waals surface area (Å²) < 4.78 is 2.63. The first kappa shape index (κ1) is 29.9. The first-order valence-corrected chi connectivity index (χ1v) is 17.8. The van der Waals surface area contributed by atoms with E-state index in [0.717, 1.165) is 17.1 Å². The molecule has 2 heteroatoms. The summed E-state index contributed by atoms with van der Waals surface area (Å²) in [6.45, 7) is 0. The van der Waals surface area contributed by atoms with Crippen molar-refractivity contribution in [3.8, 4) is 44.5 Å². The van der Waals surface area contributed by atoms with Gasteiger partial charge in [-0.1, -0.05) is 146 Å². The second-order valence-electron chi connectivity index (χ2n) is 12.6. The summed E-state index contributed by atoms with van der Waals surface area (Å²) in [7, 11) is 0. The van der Waals surface area contributed by atoms with Crippen molar-refractivity contribution in [3.05, 3.63) is 200 Å². The van der Waals surface area contributed by atoms with Crippen LogP contribution >= 0.6 is 11.3 Å². The van der Waals surface area contributed by atoms with Crippen molar-refractivity contribution in [2.45, 2.75) is 0 Å². The number of hydrogen-bond donors (Lipinski definition) is 0. The maximum atomic E-state index is 2.39. The summed E-state index contributed by atoms with van der Waals surface area (Å²) in [5.74, 6) is 0. The number of hydrogen-bond acceptors (Lipinski definition) is 2. The molecule has 0 aliphatic rings. The molecule has 236 valence electrons. The predicted octanol–water partition coefficient (Wildman–Crippen LogP) is 14.2. The lowest BCUT2D eigenvalue weighted by atomic mass is 9.92. The van der Waals surface area contributed by atoms with Gasteiger partial charge in [-0.05, 0) is 99.1 Å². The van der Waals surface area contributed by atoms with Gasteiger partial charge >= 0.3 is 0 Å². The zero-order chi connectivity index (χ0) is 33.3. The molecule has 0 fully saturated rings. The van der Waals surface area contributed by atoms with Gasteiger partial charge in [0.2, 0.25) is 0 Å². The van der Waals surface area contributed by atoms with Crippen LogP contribution in [0, 0.1) is 0 Å². The van der Waals surface area contributed by atoms with Gasteiger partial charge in [-0.3, -0.25) is 0 Å². The van der Waals surface area contributed by atoms with E-state index in [0.29, 0.717) is 0 Å². The van der Waals surface area contributed by atoms with Crippen LogP contribution in [-0.4, -0.2) is 0 Å². The molecule has 8 aromatic carbocycles. The van der Waals surface area contributed by atoms with E-state index in [9.17, 15) is 0 Å². The van der Waals surface area contributed by atoms with E-state index < -0.39 is 0 Å². The van der Waals surface area contributed by atoms with Crippen molar-refractivity contribution < 1.29 is 0 Å². The fraction of sp³-hybridized carbons (Fsp3) is 0. The Kier molecular flexibility index (Phi) is 7.77. The third kappa shape index (κ3) is 5.66. The lowest BCUT2D eigenvalue weighted by Crippen LogP contribution is -2.10. The normalized spacial score (nSPS) is 11.2. The largest absolute Gasteiger partial charge is 0.310 e. The van der Waals surface area contributed by atoms with E-state index in [-0.39, 0.29) is 0 Å². The van der Waals surface area contributed by atoms with Crippen molar-refractivity contribution in [2.24, 2.45) is 0 Å². The molecule has 0 N–H and O–H groups in total. The van der Waals surface area contributed by atoms with Gasteiger partial charge in [-0.2, -0.15) is 0 Å². The molecule has 0 bridgehead atoms. The lowest BCUT2D eigenvalue weighted by molar-refractivity contribution is 1.28. The van der Waals surface area contributed by atoms with Crippen molar-refractivity contribution >= 4 is 48.6 Å². The van der Waals surface area contributed by atoms with Crippen LogP contribution in [-0.2, 0) is 0 Å². The highest BCUT2D eigenvalue weighted by molar-refractivity contribution is 7.25. The zero-order valence-electron chi connectivity index (χ0n) is 27.4. The van der Waals surface area contributed by atoms with Gasteiger partial charge in [0.05, 0.1) is 0 Å². The molecule has 1 aromatic heterocycles. The maximum Gasteiger partial charge on any atom is 0.0467 e. The van der Waals surface area contributed by atoms with Gasteiger partial charge in [0.1, 0.15) is 0 Å². The molecule has 1 nitrogen and oxygen atoms in total. The molecule has 0 aliphatic carbocycles. The molecule has 1 heterocycles. The van der Waals surface area contributed by atoms with Crippen molar-refractivity contribution in [1.29, 1.82) is 0 Å².